The van der Waals surface area contributed by atoms with Crippen molar-refractivity contribution in [2.75, 3.05) is 18.1 Å². The lowest BCUT2D eigenvalue weighted by atomic mass is 10.0. The van der Waals surface area contributed by atoms with Crippen molar-refractivity contribution in [2.45, 2.75) is 38.8 Å². The molecule has 0 radical (unpaired) electrons. The molecule has 2 heterocycles. The molecule has 32 heavy (non-hydrogen) atoms. The number of aromatic nitrogens is 2. The van der Waals surface area contributed by atoms with Gasteiger partial charge in [-0.2, -0.15) is 5.10 Å². The third kappa shape index (κ3) is 4.27. The van der Waals surface area contributed by atoms with Crippen LogP contribution in [-0.4, -0.2) is 46.0 Å². The van der Waals surface area contributed by atoms with E-state index in [0.717, 1.165) is 28.8 Å². The number of nitrogens with zero attached hydrogens (tertiary/aromatic N) is 3. The Morgan fingerprint density at radius 1 is 1.12 bits per heavy atom. The van der Waals surface area contributed by atoms with Gasteiger partial charge in [-0.3, -0.25) is 14.4 Å². The van der Waals surface area contributed by atoms with E-state index in [-0.39, 0.29) is 31.0 Å². The van der Waals surface area contributed by atoms with Gasteiger partial charge in [-0.25, -0.2) is 4.68 Å². The van der Waals surface area contributed by atoms with Crippen molar-refractivity contribution in [3.63, 3.8) is 0 Å². The highest BCUT2D eigenvalue weighted by Crippen LogP contribution is 2.27. The number of carbonyl (C=O) groups excluding carboxylic acids is 2. The van der Waals surface area contributed by atoms with Crippen LogP contribution in [-0.2, 0) is 33.7 Å². The molecule has 1 aliphatic rings. The summed E-state index contributed by atoms with van der Waals surface area (Å²) >= 11 is 0. The number of para-hydroxylation sites is 1. The summed E-state index contributed by atoms with van der Waals surface area (Å²) < 4.78 is 6.60. The molecule has 166 valence electrons. The molecule has 0 saturated heterocycles. The fourth-order valence-corrected chi connectivity index (χ4v) is 4.09. The zero-order valence-electron chi connectivity index (χ0n) is 17.9. The van der Waals surface area contributed by atoms with Gasteiger partial charge < -0.3 is 14.7 Å². The summed E-state index contributed by atoms with van der Waals surface area (Å²) in [6.07, 6.45) is 0.617. The molecule has 1 aromatic heterocycles. The normalized spacial score (nSPS) is 14.1. The number of aryl methyl sites for hydroxylation is 1. The fourth-order valence-electron chi connectivity index (χ4n) is 4.09. The van der Waals surface area contributed by atoms with E-state index >= 15 is 0 Å². The Morgan fingerprint density at radius 2 is 1.84 bits per heavy atom. The van der Waals surface area contributed by atoms with Crippen molar-refractivity contribution in [3.05, 3.63) is 70.1 Å². The van der Waals surface area contributed by atoms with Crippen LogP contribution in [0.1, 0.15) is 24.6 Å². The fraction of sp³-hybridized carbons (Fsp3) is 0.333. The lowest BCUT2D eigenvalue weighted by molar-refractivity contribution is -0.153. The molecule has 0 aliphatic carbocycles. The number of hydrogen-bond acceptors (Lipinski definition) is 6. The number of benzene rings is 2. The lowest BCUT2D eigenvalue weighted by Gasteiger charge is -2.31. The van der Waals surface area contributed by atoms with Crippen molar-refractivity contribution in [2.24, 2.45) is 0 Å². The Kier molecular flexibility index (Phi) is 6.32. The van der Waals surface area contributed by atoms with E-state index in [1.165, 1.54) is 0 Å². The van der Waals surface area contributed by atoms with Gasteiger partial charge in [0.05, 0.1) is 30.7 Å². The summed E-state index contributed by atoms with van der Waals surface area (Å²) in [5.41, 5.74) is 1.99. The zero-order chi connectivity index (χ0) is 22.7. The maximum atomic E-state index is 13.0. The molecule has 3 aromatic rings. The second-order valence-corrected chi connectivity index (χ2v) is 7.78. The first-order valence-corrected chi connectivity index (χ1v) is 10.7. The van der Waals surface area contributed by atoms with Crippen molar-refractivity contribution >= 4 is 28.3 Å². The number of ether oxygens (including phenoxy) is 1. The first-order valence-electron chi connectivity index (χ1n) is 10.7. The second-order valence-electron chi connectivity index (χ2n) is 7.78. The van der Waals surface area contributed by atoms with E-state index < -0.39 is 12.1 Å². The zero-order valence-corrected chi connectivity index (χ0v) is 17.9. The molecule has 2 aromatic carbocycles. The highest BCUT2D eigenvalue weighted by atomic mass is 16.5. The average molecular weight is 435 g/mol. The van der Waals surface area contributed by atoms with E-state index in [0.29, 0.717) is 23.0 Å². The summed E-state index contributed by atoms with van der Waals surface area (Å²) in [7, 11) is 0. The van der Waals surface area contributed by atoms with Crippen LogP contribution in [0.4, 0.5) is 5.69 Å². The maximum absolute atomic E-state index is 13.0. The molecule has 8 heteroatoms. The average Bonchev–Trinajstić information content (AvgIpc) is 2.81. The lowest BCUT2D eigenvalue weighted by Crippen LogP contribution is -2.43. The van der Waals surface area contributed by atoms with E-state index in [1.54, 1.807) is 36.1 Å². The number of rotatable bonds is 6. The smallest absolute Gasteiger partial charge is 0.312 e. The van der Waals surface area contributed by atoms with Gasteiger partial charge in [-0.15, -0.1) is 0 Å². The number of fused-ring (bicyclic) bond motifs is 2. The highest BCUT2D eigenvalue weighted by Gasteiger charge is 2.28. The van der Waals surface area contributed by atoms with Gasteiger partial charge in [0.15, 0.2) is 6.10 Å². The van der Waals surface area contributed by atoms with E-state index in [9.17, 15) is 19.5 Å². The molecule has 0 saturated carbocycles. The van der Waals surface area contributed by atoms with Crippen molar-refractivity contribution in [1.82, 2.24) is 9.78 Å². The molecular weight excluding hydrogens is 410 g/mol. The minimum Gasteiger partial charge on any atom is -0.452 e. The number of carbonyl (C=O) groups is 2. The van der Waals surface area contributed by atoms with E-state index in [4.69, 9.17) is 4.74 Å². The highest BCUT2D eigenvalue weighted by molar-refractivity contribution is 5.98. The SMILES string of the molecule is CC(OC(=O)Cc1nn(CCO)c(=O)c2ccccc12)C(=O)N1CCCc2ccccc21. The quantitative estimate of drug-likeness (QED) is 0.593. The molecule has 0 spiro atoms. The van der Waals surface area contributed by atoms with Crippen LogP contribution in [0.25, 0.3) is 10.8 Å². The Morgan fingerprint density at radius 3 is 2.62 bits per heavy atom. The van der Waals surface area contributed by atoms with E-state index in [2.05, 4.69) is 5.10 Å². The van der Waals surface area contributed by atoms with Gasteiger partial charge >= 0.3 is 5.97 Å². The van der Waals surface area contributed by atoms with Gasteiger partial charge in [-0.05, 0) is 37.5 Å². The summed E-state index contributed by atoms with van der Waals surface area (Å²) in [5.74, 6) is -0.878. The number of anilines is 1. The van der Waals surface area contributed by atoms with Crippen molar-refractivity contribution in [3.8, 4) is 0 Å². The molecule has 1 aliphatic heterocycles. The van der Waals surface area contributed by atoms with Crippen LogP contribution < -0.4 is 10.5 Å². The third-order valence-corrected chi connectivity index (χ3v) is 5.60. The topological polar surface area (TPSA) is 102 Å². The molecule has 1 atom stereocenters. The molecule has 1 unspecified atom stereocenters. The Balaban J connectivity index is 1.52. The standard InChI is InChI=1S/C24H25N3O5/c1-16(23(30)26-12-6-8-17-7-2-5-11-21(17)26)32-22(29)15-20-18-9-3-4-10-19(18)24(31)27(25-20)13-14-28/h2-5,7,9-11,16,28H,6,8,12-15H2,1H3. The van der Waals surface area contributed by atoms with Gasteiger partial charge in [0.1, 0.15) is 0 Å². The van der Waals surface area contributed by atoms with Crippen molar-refractivity contribution in [1.29, 1.82) is 0 Å². The van der Waals surface area contributed by atoms with Gasteiger partial charge in [0, 0.05) is 17.6 Å². The number of hydrogen-bond donors (Lipinski definition) is 1. The predicted molar refractivity (Wildman–Crippen MR) is 119 cm³/mol. The number of aliphatic hydroxyl groups excluding tert-OH is 1. The molecule has 1 N–H and O–H groups in total. The first kappa shape index (κ1) is 21.7. The maximum Gasteiger partial charge on any atom is 0.312 e. The summed E-state index contributed by atoms with van der Waals surface area (Å²) in [6, 6.07) is 14.6. The van der Waals surface area contributed by atoms with Crippen molar-refractivity contribution < 1.29 is 19.4 Å². The summed E-state index contributed by atoms with van der Waals surface area (Å²) in [6.45, 7) is 1.92. The molecule has 0 bridgehead atoms. The van der Waals surface area contributed by atoms with Gasteiger partial charge in [0.2, 0.25) is 0 Å². The monoisotopic (exact) mass is 435 g/mol. The molecule has 4 rings (SSSR count). The summed E-state index contributed by atoms with van der Waals surface area (Å²) in [4.78, 5) is 39.9. The number of esters is 1. The minimum atomic E-state index is -0.955. The van der Waals surface area contributed by atoms with Crippen LogP contribution in [0.5, 0.6) is 0 Å². The van der Waals surface area contributed by atoms with Crippen LogP contribution in [0.2, 0.25) is 0 Å². The Bertz CT molecular complexity index is 1220. The third-order valence-electron chi connectivity index (χ3n) is 5.60. The minimum absolute atomic E-state index is 0.0228. The molecular formula is C24H25N3O5. The largest absolute Gasteiger partial charge is 0.452 e. The first-order chi connectivity index (χ1) is 15.5. The van der Waals surface area contributed by atoms with Gasteiger partial charge in [0.25, 0.3) is 11.5 Å². The summed E-state index contributed by atoms with van der Waals surface area (Å²) in [5, 5.41) is 14.4. The number of aliphatic hydroxyl groups is 1. The van der Waals surface area contributed by atoms with E-state index in [1.807, 2.05) is 24.3 Å². The molecule has 0 fully saturated rings. The van der Waals surface area contributed by atoms with Gasteiger partial charge in [-0.1, -0.05) is 36.4 Å². The predicted octanol–water partition coefficient (Wildman–Crippen LogP) is 1.84. The molecule has 8 nitrogen and oxygen atoms in total. The Labute approximate surface area is 185 Å². The number of amides is 1. The van der Waals surface area contributed by atoms with Crippen LogP contribution >= 0.6 is 0 Å². The van der Waals surface area contributed by atoms with Crippen LogP contribution in [0, 0.1) is 0 Å². The second kappa shape index (κ2) is 9.32. The molecule has 1 amide bonds. The van der Waals surface area contributed by atoms with Crippen LogP contribution in [0.3, 0.4) is 0 Å². The van der Waals surface area contributed by atoms with Crippen LogP contribution in [0.15, 0.2) is 53.3 Å². The Hall–Kier alpha value is -3.52.